The Kier molecular flexibility index (Phi) is 7.33. The summed E-state index contributed by atoms with van der Waals surface area (Å²) >= 11 is 0. The van der Waals surface area contributed by atoms with E-state index in [9.17, 15) is 4.79 Å². The molecule has 1 aliphatic carbocycles. The van der Waals surface area contributed by atoms with Crippen molar-refractivity contribution in [1.29, 1.82) is 0 Å². The number of ether oxygens (including phenoxy) is 3. The average molecular weight is 476 g/mol. The minimum absolute atomic E-state index is 0.301. The standard InChI is InChI=1S/C28H33N3O4/c1-33-25-16-21-23(17-26(25)34-15-7-14-31-12-5-6-13-31)30-22-10-11-24(35-19-32)27(22)28(21)29-18-20-8-3-2-4-9-20/h2-4,8-9,16-17,19,24H,5-7,10-15,18H2,1H3,(H,29,30). The molecule has 3 aromatic rings. The molecule has 0 spiro atoms. The molecule has 7 heteroatoms. The summed E-state index contributed by atoms with van der Waals surface area (Å²) < 4.78 is 17.3. The summed E-state index contributed by atoms with van der Waals surface area (Å²) in [7, 11) is 1.66. The van der Waals surface area contributed by atoms with E-state index in [-0.39, 0.29) is 6.10 Å². The maximum absolute atomic E-state index is 11.2. The number of fused-ring (bicyclic) bond motifs is 2. The van der Waals surface area contributed by atoms with Crippen molar-refractivity contribution >= 4 is 23.1 Å². The quantitative estimate of drug-likeness (QED) is 0.313. The largest absolute Gasteiger partial charge is 0.493 e. The van der Waals surface area contributed by atoms with Crippen LogP contribution in [0.2, 0.25) is 0 Å². The van der Waals surface area contributed by atoms with Gasteiger partial charge in [-0.05, 0) is 56.8 Å². The van der Waals surface area contributed by atoms with E-state index in [2.05, 4.69) is 22.3 Å². The molecule has 1 unspecified atom stereocenters. The van der Waals surface area contributed by atoms with Gasteiger partial charge in [-0.15, -0.1) is 0 Å². The van der Waals surface area contributed by atoms with Crippen LogP contribution >= 0.6 is 0 Å². The molecule has 0 bridgehead atoms. The molecule has 1 saturated heterocycles. The molecule has 1 fully saturated rings. The molecule has 2 aliphatic rings. The minimum Gasteiger partial charge on any atom is -0.493 e. The van der Waals surface area contributed by atoms with Crippen LogP contribution < -0.4 is 14.8 Å². The fourth-order valence-corrected chi connectivity index (χ4v) is 5.22. The predicted octanol–water partition coefficient (Wildman–Crippen LogP) is 4.88. The second-order valence-electron chi connectivity index (χ2n) is 9.22. The molecule has 0 amide bonds. The predicted molar refractivity (Wildman–Crippen MR) is 136 cm³/mol. The van der Waals surface area contributed by atoms with Crippen LogP contribution in [0.5, 0.6) is 11.5 Å². The van der Waals surface area contributed by atoms with Crippen LogP contribution in [-0.2, 0) is 22.5 Å². The van der Waals surface area contributed by atoms with E-state index in [1.165, 1.54) is 31.5 Å². The van der Waals surface area contributed by atoms with Crippen LogP contribution in [0.4, 0.5) is 5.69 Å². The number of pyridine rings is 1. The highest BCUT2D eigenvalue weighted by molar-refractivity contribution is 5.96. The molecule has 0 radical (unpaired) electrons. The number of aryl methyl sites for hydroxylation is 1. The molecule has 2 heterocycles. The van der Waals surface area contributed by atoms with Gasteiger partial charge in [0, 0.05) is 30.1 Å². The summed E-state index contributed by atoms with van der Waals surface area (Å²) in [5, 5.41) is 4.54. The van der Waals surface area contributed by atoms with Gasteiger partial charge in [-0.25, -0.2) is 0 Å². The molecule has 1 aromatic heterocycles. The highest BCUT2D eigenvalue weighted by Crippen LogP contribution is 2.44. The van der Waals surface area contributed by atoms with Crippen LogP contribution in [0, 0.1) is 0 Å². The van der Waals surface area contributed by atoms with Gasteiger partial charge in [-0.3, -0.25) is 9.78 Å². The number of benzene rings is 2. The molecule has 184 valence electrons. The SMILES string of the molecule is COc1cc2c(NCc3ccccc3)c3c(nc2cc1OCCCN1CCCC1)CCC3OC=O. The molecule has 1 N–H and O–H groups in total. The molecule has 1 aliphatic heterocycles. The minimum atomic E-state index is -0.301. The molecule has 0 saturated carbocycles. The molecule has 2 aromatic carbocycles. The van der Waals surface area contributed by atoms with Crippen molar-refractivity contribution in [3.8, 4) is 11.5 Å². The van der Waals surface area contributed by atoms with Crippen molar-refractivity contribution in [3.63, 3.8) is 0 Å². The van der Waals surface area contributed by atoms with Gasteiger partial charge in [0.25, 0.3) is 6.47 Å². The van der Waals surface area contributed by atoms with E-state index in [0.717, 1.165) is 53.7 Å². The average Bonchev–Trinajstić information content (AvgIpc) is 3.55. The fourth-order valence-electron chi connectivity index (χ4n) is 5.22. The molecule has 35 heavy (non-hydrogen) atoms. The maximum Gasteiger partial charge on any atom is 0.293 e. The van der Waals surface area contributed by atoms with Crippen molar-refractivity contribution in [3.05, 3.63) is 59.3 Å². The summed E-state index contributed by atoms with van der Waals surface area (Å²) in [6.07, 6.45) is 4.78. The molecular weight excluding hydrogens is 442 g/mol. The van der Waals surface area contributed by atoms with E-state index in [1.54, 1.807) is 7.11 Å². The first-order valence-electron chi connectivity index (χ1n) is 12.5. The van der Waals surface area contributed by atoms with E-state index in [1.807, 2.05) is 30.3 Å². The lowest BCUT2D eigenvalue weighted by atomic mass is 10.0. The number of likely N-dealkylation sites (tertiary alicyclic amines) is 1. The van der Waals surface area contributed by atoms with Gasteiger partial charge in [0.05, 0.1) is 30.6 Å². The first-order chi connectivity index (χ1) is 17.3. The van der Waals surface area contributed by atoms with E-state index in [4.69, 9.17) is 19.2 Å². The lowest BCUT2D eigenvalue weighted by molar-refractivity contribution is -0.133. The third kappa shape index (κ3) is 5.20. The third-order valence-corrected chi connectivity index (χ3v) is 6.96. The van der Waals surface area contributed by atoms with Crippen LogP contribution in [0.15, 0.2) is 42.5 Å². The monoisotopic (exact) mass is 475 g/mol. The molecular formula is C28H33N3O4. The number of nitrogens with one attached hydrogen (secondary N) is 1. The topological polar surface area (TPSA) is 72.9 Å². The third-order valence-electron chi connectivity index (χ3n) is 6.96. The van der Waals surface area contributed by atoms with Gasteiger partial charge >= 0.3 is 0 Å². The number of rotatable bonds is 11. The van der Waals surface area contributed by atoms with Crippen LogP contribution in [0.1, 0.15) is 48.6 Å². The Morgan fingerprint density at radius 3 is 2.74 bits per heavy atom. The van der Waals surface area contributed by atoms with Crippen LogP contribution in [-0.4, -0.2) is 49.7 Å². The summed E-state index contributed by atoms with van der Waals surface area (Å²) in [5.74, 6) is 1.38. The van der Waals surface area contributed by atoms with Crippen molar-refractivity contribution in [2.24, 2.45) is 0 Å². The Labute approximate surface area is 206 Å². The summed E-state index contributed by atoms with van der Waals surface area (Å²) in [4.78, 5) is 18.6. The Morgan fingerprint density at radius 2 is 1.97 bits per heavy atom. The van der Waals surface area contributed by atoms with Gasteiger partial charge in [-0.2, -0.15) is 0 Å². The Balaban J connectivity index is 1.44. The summed E-state index contributed by atoms with van der Waals surface area (Å²) in [5.41, 5.74) is 4.88. The molecule has 5 rings (SSSR count). The number of hydrogen-bond donors (Lipinski definition) is 1. The van der Waals surface area contributed by atoms with Crippen molar-refractivity contribution < 1.29 is 19.0 Å². The Hall–Kier alpha value is -3.32. The van der Waals surface area contributed by atoms with Crippen molar-refractivity contribution in [2.75, 3.05) is 38.7 Å². The van der Waals surface area contributed by atoms with Gasteiger partial charge < -0.3 is 24.4 Å². The highest BCUT2D eigenvalue weighted by atomic mass is 16.5. The van der Waals surface area contributed by atoms with E-state index >= 15 is 0 Å². The fraction of sp³-hybridized carbons (Fsp3) is 0.429. The first kappa shape index (κ1) is 23.4. The maximum atomic E-state index is 11.2. The second kappa shape index (κ2) is 11.0. The number of aromatic nitrogens is 1. The summed E-state index contributed by atoms with van der Waals surface area (Å²) in [6, 6.07) is 14.2. The number of carbonyl (C=O) groups is 1. The number of carbonyl (C=O) groups excluding carboxylic acids is 1. The smallest absolute Gasteiger partial charge is 0.293 e. The highest BCUT2D eigenvalue weighted by Gasteiger charge is 2.30. The molecule has 7 nitrogen and oxygen atoms in total. The second-order valence-corrected chi connectivity index (χ2v) is 9.22. The van der Waals surface area contributed by atoms with E-state index < -0.39 is 0 Å². The lowest BCUT2D eigenvalue weighted by Gasteiger charge is -2.20. The Bertz CT molecular complexity index is 1160. The number of methoxy groups -OCH3 is 1. The molecule has 1 atom stereocenters. The van der Waals surface area contributed by atoms with Gasteiger partial charge in [-0.1, -0.05) is 30.3 Å². The van der Waals surface area contributed by atoms with Crippen molar-refractivity contribution in [1.82, 2.24) is 9.88 Å². The zero-order valence-corrected chi connectivity index (χ0v) is 20.3. The zero-order valence-electron chi connectivity index (χ0n) is 20.3. The van der Waals surface area contributed by atoms with Gasteiger partial charge in [0.15, 0.2) is 11.5 Å². The van der Waals surface area contributed by atoms with Crippen molar-refractivity contribution in [2.45, 2.75) is 44.8 Å². The first-order valence-corrected chi connectivity index (χ1v) is 12.5. The normalized spacial score (nSPS) is 17.3. The van der Waals surface area contributed by atoms with Gasteiger partial charge in [0.1, 0.15) is 6.10 Å². The zero-order chi connectivity index (χ0) is 24.0. The summed E-state index contributed by atoms with van der Waals surface area (Å²) in [6.45, 7) is 5.27. The number of hydrogen-bond acceptors (Lipinski definition) is 7. The van der Waals surface area contributed by atoms with E-state index in [0.29, 0.717) is 31.1 Å². The number of nitrogens with zero attached hydrogens (tertiary/aromatic N) is 2. The number of anilines is 1. The van der Waals surface area contributed by atoms with Crippen LogP contribution in [0.25, 0.3) is 10.9 Å². The Morgan fingerprint density at radius 1 is 1.14 bits per heavy atom. The lowest BCUT2D eigenvalue weighted by Crippen LogP contribution is -2.21. The van der Waals surface area contributed by atoms with Gasteiger partial charge in [0.2, 0.25) is 0 Å². The van der Waals surface area contributed by atoms with Crippen LogP contribution in [0.3, 0.4) is 0 Å².